The van der Waals surface area contributed by atoms with Crippen LogP contribution in [-0.2, 0) is 0 Å². The first-order valence-corrected chi connectivity index (χ1v) is 10.4. The topological polar surface area (TPSA) is 60.5 Å². The van der Waals surface area contributed by atoms with Gasteiger partial charge in [-0.05, 0) is 37.1 Å². The van der Waals surface area contributed by atoms with Crippen molar-refractivity contribution in [3.8, 4) is 0 Å². The molecule has 0 spiro atoms. The van der Waals surface area contributed by atoms with E-state index in [0.29, 0.717) is 6.04 Å². The quantitative estimate of drug-likeness (QED) is 0.847. The smallest absolute Gasteiger partial charge is 0.319 e. The summed E-state index contributed by atoms with van der Waals surface area (Å²) in [5.74, 6) is 0.964. The number of hydrogen-bond acceptors (Lipinski definition) is 4. The fourth-order valence-corrected chi connectivity index (χ4v) is 4.08. The molecule has 1 saturated heterocycles. The van der Waals surface area contributed by atoms with Gasteiger partial charge in [-0.1, -0.05) is 37.5 Å². The number of carbonyl (C=O) groups is 1. The molecule has 28 heavy (non-hydrogen) atoms. The highest BCUT2D eigenvalue weighted by molar-refractivity contribution is 5.89. The van der Waals surface area contributed by atoms with Crippen molar-refractivity contribution in [2.75, 3.05) is 41.3 Å². The Hall–Kier alpha value is -2.76. The Labute approximate surface area is 166 Å². The van der Waals surface area contributed by atoms with Gasteiger partial charge in [0.25, 0.3) is 0 Å². The monoisotopic (exact) mass is 379 g/mol. The van der Waals surface area contributed by atoms with Gasteiger partial charge in [0, 0.05) is 37.9 Å². The summed E-state index contributed by atoms with van der Waals surface area (Å²) >= 11 is 0. The lowest BCUT2D eigenvalue weighted by Gasteiger charge is -2.36. The van der Waals surface area contributed by atoms with E-state index in [1.807, 2.05) is 12.1 Å². The molecule has 0 unspecified atom stereocenters. The van der Waals surface area contributed by atoms with Crippen molar-refractivity contribution >= 4 is 23.2 Å². The molecule has 2 N–H and O–H groups in total. The first-order valence-electron chi connectivity index (χ1n) is 10.4. The van der Waals surface area contributed by atoms with E-state index in [1.165, 1.54) is 24.9 Å². The second-order valence-electron chi connectivity index (χ2n) is 7.65. The Morgan fingerprint density at radius 1 is 0.893 bits per heavy atom. The molecule has 4 rings (SSSR count). The zero-order valence-electron chi connectivity index (χ0n) is 16.3. The maximum atomic E-state index is 12.2. The molecular weight excluding hydrogens is 350 g/mol. The lowest BCUT2D eigenvalue weighted by atomic mass is 9.96. The Bertz CT molecular complexity index is 750. The number of para-hydroxylation sites is 1. The highest BCUT2D eigenvalue weighted by Gasteiger charge is 2.19. The SMILES string of the molecule is O=C(Nc1ccc(N2CCN(c3ccccc3)CC2)nc1)NC1CCCCC1. The van der Waals surface area contributed by atoms with Crippen LogP contribution in [0.25, 0.3) is 0 Å². The highest BCUT2D eigenvalue weighted by atomic mass is 16.2. The molecule has 2 amide bonds. The first-order chi connectivity index (χ1) is 13.8. The minimum Gasteiger partial charge on any atom is -0.368 e. The molecule has 1 saturated carbocycles. The van der Waals surface area contributed by atoms with Crippen LogP contribution in [0.1, 0.15) is 32.1 Å². The summed E-state index contributed by atoms with van der Waals surface area (Å²) in [6, 6.07) is 14.6. The molecular formula is C22H29N5O. The van der Waals surface area contributed by atoms with Gasteiger partial charge in [0.1, 0.15) is 5.82 Å². The zero-order valence-corrected chi connectivity index (χ0v) is 16.3. The Kier molecular flexibility index (Phi) is 5.95. The number of piperazine rings is 1. The van der Waals surface area contributed by atoms with Gasteiger partial charge in [-0.3, -0.25) is 0 Å². The second kappa shape index (κ2) is 8.95. The van der Waals surface area contributed by atoms with Crippen LogP contribution in [0.3, 0.4) is 0 Å². The number of nitrogens with zero attached hydrogens (tertiary/aromatic N) is 3. The minimum absolute atomic E-state index is 0.127. The predicted octanol–water partition coefficient (Wildman–Crippen LogP) is 3.86. The maximum absolute atomic E-state index is 12.2. The van der Waals surface area contributed by atoms with Crippen LogP contribution in [0.4, 0.5) is 22.0 Å². The molecule has 6 nitrogen and oxygen atoms in total. The van der Waals surface area contributed by atoms with Crippen molar-refractivity contribution in [1.82, 2.24) is 10.3 Å². The molecule has 2 heterocycles. The minimum atomic E-state index is -0.127. The molecule has 1 aliphatic carbocycles. The van der Waals surface area contributed by atoms with E-state index in [9.17, 15) is 4.79 Å². The molecule has 0 bridgehead atoms. The summed E-state index contributed by atoms with van der Waals surface area (Å²) in [5, 5.41) is 5.98. The number of benzene rings is 1. The van der Waals surface area contributed by atoms with Crippen LogP contribution in [0, 0.1) is 0 Å². The molecule has 1 aromatic heterocycles. The van der Waals surface area contributed by atoms with Crippen LogP contribution >= 0.6 is 0 Å². The van der Waals surface area contributed by atoms with E-state index >= 15 is 0 Å². The lowest BCUT2D eigenvalue weighted by Crippen LogP contribution is -2.46. The van der Waals surface area contributed by atoms with Crippen LogP contribution in [0.15, 0.2) is 48.7 Å². The first kappa shape index (κ1) is 18.6. The lowest BCUT2D eigenvalue weighted by molar-refractivity contribution is 0.244. The normalized spacial score (nSPS) is 18.0. The van der Waals surface area contributed by atoms with Crippen LogP contribution in [0.2, 0.25) is 0 Å². The van der Waals surface area contributed by atoms with E-state index in [-0.39, 0.29) is 6.03 Å². The van der Waals surface area contributed by atoms with E-state index in [0.717, 1.165) is 50.5 Å². The van der Waals surface area contributed by atoms with Gasteiger partial charge in [-0.2, -0.15) is 0 Å². The van der Waals surface area contributed by atoms with Crippen LogP contribution in [-0.4, -0.2) is 43.2 Å². The van der Waals surface area contributed by atoms with Crippen LogP contribution in [0.5, 0.6) is 0 Å². The average molecular weight is 380 g/mol. The number of amides is 2. The maximum Gasteiger partial charge on any atom is 0.319 e. The summed E-state index contributed by atoms with van der Waals surface area (Å²) in [6.07, 6.45) is 7.61. The third-order valence-corrected chi connectivity index (χ3v) is 5.67. The summed E-state index contributed by atoms with van der Waals surface area (Å²) in [6.45, 7) is 3.85. The molecule has 0 radical (unpaired) electrons. The van der Waals surface area contributed by atoms with Gasteiger partial charge in [0.05, 0.1) is 11.9 Å². The molecule has 0 atom stereocenters. The molecule has 1 aromatic carbocycles. The molecule has 148 valence electrons. The van der Waals surface area contributed by atoms with Crippen molar-refractivity contribution < 1.29 is 4.79 Å². The van der Waals surface area contributed by atoms with E-state index < -0.39 is 0 Å². The van der Waals surface area contributed by atoms with Gasteiger partial charge in [-0.25, -0.2) is 9.78 Å². The number of hydrogen-bond donors (Lipinski definition) is 2. The molecule has 1 aliphatic heterocycles. The summed E-state index contributed by atoms with van der Waals surface area (Å²) in [4.78, 5) is 21.4. The Morgan fingerprint density at radius 3 is 2.29 bits per heavy atom. The van der Waals surface area contributed by atoms with Crippen LogP contribution < -0.4 is 20.4 Å². The Morgan fingerprint density at radius 2 is 1.61 bits per heavy atom. The molecule has 2 fully saturated rings. The zero-order chi connectivity index (χ0) is 19.2. The number of urea groups is 1. The van der Waals surface area contributed by atoms with E-state index in [2.05, 4.69) is 55.7 Å². The largest absolute Gasteiger partial charge is 0.368 e. The van der Waals surface area contributed by atoms with Gasteiger partial charge >= 0.3 is 6.03 Å². The predicted molar refractivity (Wildman–Crippen MR) is 114 cm³/mol. The number of anilines is 3. The number of carbonyl (C=O) groups excluding carboxylic acids is 1. The highest BCUT2D eigenvalue weighted by Crippen LogP contribution is 2.20. The third kappa shape index (κ3) is 4.74. The molecule has 2 aliphatic rings. The van der Waals surface area contributed by atoms with Gasteiger partial charge in [-0.15, -0.1) is 0 Å². The summed E-state index contributed by atoms with van der Waals surface area (Å²) in [5.41, 5.74) is 2.01. The van der Waals surface area contributed by atoms with Gasteiger partial charge < -0.3 is 20.4 Å². The van der Waals surface area contributed by atoms with Gasteiger partial charge in [0.15, 0.2) is 0 Å². The van der Waals surface area contributed by atoms with Crippen molar-refractivity contribution in [3.63, 3.8) is 0 Å². The standard InChI is InChI=1S/C22H29N5O/c28-22(24-18-7-3-1-4-8-18)25-19-11-12-21(23-17-19)27-15-13-26(14-16-27)20-9-5-2-6-10-20/h2,5-6,9-12,17-18H,1,3-4,7-8,13-16H2,(H2,24,25,28). The summed E-state index contributed by atoms with van der Waals surface area (Å²) < 4.78 is 0. The van der Waals surface area contributed by atoms with Crippen molar-refractivity contribution in [2.24, 2.45) is 0 Å². The van der Waals surface area contributed by atoms with Gasteiger partial charge in [0.2, 0.25) is 0 Å². The number of nitrogens with one attached hydrogen (secondary N) is 2. The van der Waals surface area contributed by atoms with Crippen molar-refractivity contribution in [1.29, 1.82) is 0 Å². The third-order valence-electron chi connectivity index (χ3n) is 5.67. The summed E-state index contributed by atoms with van der Waals surface area (Å²) in [7, 11) is 0. The second-order valence-corrected chi connectivity index (χ2v) is 7.65. The van der Waals surface area contributed by atoms with E-state index in [1.54, 1.807) is 6.20 Å². The number of pyridine rings is 1. The van der Waals surface area contributed by atoms with Crippen molar-refractivity contribution in [2.45, 2.75) is 38.1 Å². The fraction of sp³-hybridized carbons (Fsp3) is 0.455. The van der Waals surface area contributed by atoms with E-state index in [4.69, 9.17) is 0 Å². The molecule has 6 heteroatoms. The number of rotatable bonds is 4. The fourth-order valence-electron chi connectivity index (χ4n) is 4.08. The Balaban J connectivity index is 1.27. The number of aromatic nitrogens is 1. The molecule has 2 aromatic rings. The average Bonchev–Trinajstić information content (AvgIpc) is 2.76. The van der Waals surface area contributed by atoms with Crippen molar-refractivity contribution in [3.05, 3.63) is 48.7 Å².